The molecule has 0 unspecified atom stereocenters. The summed E-state index contributed by atoms with van der Waals surface area (Å²) in [5.74, 6) is -0.627. The zero-order chi connectivity index (χ0) is 62.2. The lowest BCUT2D eigenvalue weighted by Gasteiger charge is -2.40. The highest BCUT2D eigenvalue weighted by Gasteiger charge is 2.45. The number of hydrogen-bond acceptors (Lipinski definition) is 15. The van der Waals surface area contributed by atoms with Crippen LogP contribution in [0.1, 0.15) is 157 Å². The molecule has 4 aromatic carbocycles. The Hall–Kier alpha value is -5.08. The summed E-state index contributed by atoms with van der Waals surface area (Å²) in [5.41, 5.74) is 23.2. The number of carbonyl (C=O) groups is 2. The van der Waals surface area contributed by atoms with E-state index in [0.29, 0.717) is 33.3 Å². The lowest BCUT2D eigenvalue weighted by atomic mass is 9.66. The maximum Gasteiger partial charge on any atom is 0.262 e. The van der Waals surface area contributed by atoms with Gasteiger partial charge in [0.25, 0.3) is 11.8 Å². The van der Waals surface area contributed by atoms with Crippen LogP contribution in [-0.2, 0) is 21.7 Å². The van der Waals surface area contributed by atoms with Crippen LogP contribution >= 0.6 is 102 Å². The van der Waals surface area contributed by atoms with Crippen molar-refractivity contribution in [2.75, 3.05) is 7.05 Å². The van der Waals surface area contributed by atoms with E-state index in [0.717, 1.165) is 26.4 Å². The Morgan fingerprint density at radius 2 is 0.644 bits per heavy atom. The molecule has 0 bridgehead atoms. The summed E-state index contributed by atoms with van der Waals surface area (Å²) in [6.45, 7) is 40.7. The quantitative estimate of drug-likeness (QED) is 0.125. The fourth-order valence-electron chi connectivity index (χ4n) is 12.7. The van der Waals surface area contributed by atoms with E-state index in [-0.39, 0.29) is 44.6 Å². The third-order valence-corrected chi connectivity index (χ3v) is 33.0. The normalized spacial score (nSPS) is 14.3. The van der Waals surface area contributed by atoms with Gasteiger partial charge in [-0.3, -0.25) is 14.5 Å². The number of thiophene rings is 8. The average molecular weight is 1310 g/mol. The molecule has 0 spiro atoms. The molecule has 446 valence electrons. The second kappa shape index (κ2) is 19.5. The Labute approximate surface area is 545 Å². The van der Waals surface area contributed by atoms with Crippen molar-refractivity contribution in [1.82, 2.24) is 13.6 Å². The third kappa shape index (κ3) is 8.33. The largest absolute Gasteiger partial charge is 0.325 e. The smallest absolute Gasteiger partial charge is 0.262 e. The third-order valence-electron chi connectivity index (χ3n) is 21.0. The van der Waals surface area contributed by atoms with E-state index in [1.807, 2.05) is 68.0 Å². The van der Waals surface area contributed by atoms with Gasteiger partial charge in [0, 0.05) is 128 Å². The molecule has 10 heterocycles. The molecule has 0 aliphatic carbocycles. The molecule has 87 heavy (non-hydrogen) atoms. The van der Waals surface area contributed by atoms with Crippen LogP contribution in [0, 0.1) is 41.5 Å². The summed E-state index contributed by atoms with van der Waals surface area (Å²) in [5, 5.41) is 7.92. The first-order chi connectivity index (χ1) is 40.6. The summed E-state index contributed by atoms with van der Waals surface area (Å²) in [7, 11) is 1.59. The van der Waals surface area contributed by atoms with E-state index in [1.54, 1.807) is 29.7 Å². The average Bonchev–Trinajstić information content (AvgIpc) is 1.62. The van der Waals surface area contributed by atoms with E-state index >= 15 is 0 Å². The molecule has 0 saturated carbocycles. The van der Waals surface area contributed by atoms with Crippen LogP contribution in [0.4, 0.5) is 0 Å². The zero-order valence-corrected chi connectivity index (χ0v) is 60.1. The number of nitrogens with zero attached hydrogens (tertiary/aromatic N) is 3. The number of imide groups is 1. The highest BCUT2D eigenvalue weighted by Crippen LogP contribution is 2.56. The number of nitrogens with two attached hydrogens (primary N) is 2. The van der Waals surface area contributed by atoms with Crippen LogP contribution in [0.3, 0.4) is 0 Å². The van der Waals surface area contributed by atoms with Gasteiger partial charge in [0.1, 0.15) is 11.0 Å². The van der Waals surface area contributed by atoms with Crippen molar-refractivity contribution in [3.05, 3.63) is 125 Å². The molecule has 9 aromatic heterocycles. The second-order valence-corrected chi connectivity index (χ2v) is 36.8. The number of hydrogen-bond donors (Lipinski definition) is 2. The number of carbonyl (C=O) groups excluding carboxylic acids is 2. The lowest BCUT2D eigenvalue weighted by molar-refractivity contribution is 0.0693. The van der Waals surface area contributed by atoms with Crippen LogP contribution in [0.5, 0.6) is 0 Å². The Balaban J connectivity index is 0.792. The Bertz CT molecular complexity index is 4990. The second-order valence-electron chi connectivity index (χ2n) is 27.8. The summed E-state index contributed by atoms with van der Waals surface area (Å²) in [4.78, 5) is 42.3. The van der Waals surface area contributed by atoms with Gasteiger partial charge in [-0.15, -0.1) is 90.7 Å². The summed E-state index contributed by atoms with van der Waals surface area (Å²) >= 11 is 15.8. The molecule has 2 amide bonds. The molecule has 1 aliphatic heterocycles. The minimum absolute atomic E-state index is 0.157. The topological polar surface area (TPSA) is 115 Å². The van der Waals surface area contributed by atoms with E-state index in [1.165, 1.54) is 133 Å². The van der Waals surface area contributed by atoms with Gasteiger partial charge in [-0.05, 0) is 196 Å². The van der Waals surface area contributed by atoms with Gasteiger partial charge in [-0.25, -0.2) is 0 Å². The SMILES string of the molecule is Cc1c2cc(C(C)(C)C(C)(C)N)sc2c(C)c2cc(-c3ccc(-c4c5c(c(-c6ccc(C(C)(C)C(C)(C)c7cc8c(C)c9sc(-c%10cc%11c(C)c%12sc(C(C)(C)C(C)(C)N)cc%12c(C)c%11s%10)cc9c(C)c8s7)s6)c6nsnc46)C(=O)N(C)C5=O)s3)sc12. The zero-order valence-electron chi connectivity index (χ0n) is 52.8. The molecule has 0 fully saturated rings. The number of amides is 2. The van der Waals surface area contributed by atoms with Crippen molar-refractivity contribution in [3.8, 4) is 40.4 Å². The first-order valence-electron chi connectivity index (χ1n) is 29.5. The van der Waals surface area contributed by atoms with Crippen molar-refractivity contribution < 1.29 is 9.59 Å². The molecule has 14 rings (SSSR count). The van der Waals surface area contributed by atoms with Crippen LogP contribution in [0.2, 0.25) is 0 Å². The predicted octanol–water partition coefficient (Wildman–Crippen LogP) is 22.1. The lowest BCUT2D eigenvalue weighted by Crippen LogP contribution is -2.49. The highest BCUT2D eigenvalue weighted by molar-refractivity contribution is 7.29. The van der Waals surface area contributed by atoms with Crippen molar-refractivity contribution in [1.29, 1.82) is 0 Å². The maximum absolute atomic E-state index is 14.6. The van der Waals surface area contributed by atoms with E-state index in [4.69, 9.17) is 20.2 Å². The van der Waals surface area contributed by atoms with Gasteiger partial charge in [-0.1, -0.05) is 55.4 Å². The molecule has 13 aromatic rings. The first-order valence-corrected chi connectivity index (χ1v) is 36.8. The van der Waals surface area contributed by atoms with Gasteiger partial charge >= 0.3 is 0 Å². The minimum atomic E-state index is -0.381. The van der Waals surface area contributed by atoms with Gasteiger partial charge < -0.3 is 11.5 Å². The molecular weight excluding hydrogens is 1240 g/mol. The number of aryl methyl sites for hydroxylation is 6. The van der Waals surface area contributed by atoms with Gasteiger partial charge in [-0.2, -0.15) is 8.75 Å². The molecule has 0 saturated heterocycles. The molecule has 7 nitrogen and oxygen atoms in total. The van der Waals surface area contributed by atoms with Gasteiger partial charge in [0.05, 0.1) is 22.9 Å². The van der Waals surface area contributed by atoms with Crippen molar-refractivity contribution in [2.24, 2.45) is 11.5 Å². The Morgan fingerprint density at radius 1 is 0.345 bits per heavy atom. The molecule has 0 atom stereocenters. The van der Waals surface area contributed by atoms with Crippen LogP contribution < -0.4 is 11.5 Å². The monoisotopic (exact) mass is 1310 g/mol. The minimum Gasteiger partial charge on any atom is -0.325 e. The van der Waals surface area contributed by atoms with E-state index in [9.17, 15) is 9.59 Å². The summed E-state index contributed by atoms with van der Waals surface area (Å²) < 4.78 is 17.9. The van der Waals surface area contributed by atoms with Gasteiger partial charge in [0.15, 0.2) is 0 Å². The van der Waals surface area contributed by atoms with Crippen molar-refractivity contribution in [2.45, 2.75) is 157 Å². The highest BCUT2D eigenvalue weighted by atomic mass is 32.1. The first kappa shape index (κ1) is 59.5. The fraction of sp³-hybridized carbons (Fsp3) is 0.352. The maximum atomic E-state index is 14.6. The standard InChI is InChI=1S/C71H71N5O2S9/c1-30-36-24-45(81-58(36)34(5)40-28-50(85-62(30)40)68(11,12)70(15,16)72)42-20-21-43(79-42)52-54-55(65(78)76(19)64(54)77)53(57-56(52)74-87-75-57)44-22-23-48(80-44)66(7,8)67(9,10)49-27-39-33(4)59-37(31(2)61(39)84-49)25-46(82-59)47-26-38-32(3)63-41(35(6)60(38)83-47)29-51(86-63)69(13,14)71(17,18)73/h20-29H,72-73H2,1-19H3. The summed E-state index contributed by atoms with van der Waals surface area (Å²) in [6, 6.07) is 23.1. The van der Waals surface area contributed by atoms with Gasteiger partial charge in [0.2, 0.25) is 0 Å². The predicted molar refractivity (Wildman–Crippen MR) is 387 cm³/mol. The number of rotatable bonds is 11. The Morgan fingerprint density at radius 3 is 1.02 bits per heavy atom. The summed E-state index contributed by atoms with van der Waals surface area (Å²) in [6.07, 6.45) is 0. The molecule has 0 radical (unpaired) electrons. The van der Waals surface area contributed by atoms with Crippen molar-refractivity contribution >= 4 is 186 Å². The number of aromatic nitrogens is 2. The van der Waals surface area contributed by atoms with E-state index < -0.39 is 0 Å². The van der Waals surface area contributed by atoms with Crippen molar-refractivity contribution in [3.63, 3.8) is 0 Å². The van der Waals surface area contributed by atoms with Crippen LogP contribution in [-0.4, -0.2) is 43.6 Å². The Kier molecular flexibility index (Phi) is 13.3. The number of fused-ring (bicyclic) bond motifs is 8. The molecular formula is C71H71N5O2S9. The molecule has 1 aliphatic rings. The van der Waals surface area contributed by atoms with Crippen LogP contribution in [0.15, 0.2) is 60.7 Å². The number of benzene rings is 4. The fourth-order valence-corrected chi connectivity index (χ4v) is 24.0. The molecule has 16 heteroatoms. The van der Waals surface area contributed by atoms with Crippen LogP contribution in [0.25, 0.3) is 112 Å². The molecule has 4 N–H and O–H groups in total. The van der Waals surface area contributed by atoms with E-state index in [2.05, 4.69) is 185 Å².